The SMILES string of the molecule is CCCNCCNC(=O)c1ccc(F)cc1NC(=O)c1ccoc1.Cl. The zero-order valence-corrected chi connectivity index (χ0v) is 14.6. The van der Waals surface area contributed by atoms with Crippen LogP contribution in [0.25, 0.3) is 0 Å². The van der Waals surface area contributed by atoms with Gasteiger partial charge >= 0.3 is 0 Å². The van der Waals surface area contributed by atoms with Crippen LogP contribution in [-0.2, 0) is 0 Å². The van der Waals surface area contributed by atoms with E-state index in [1.165, 1.54) is 30.7 Å². The van der Waals surface area contributed by atoms with Gasteiger partial charge in [0.25, 0.3) is 11.8 Å². The fraction of sp³-hybridized carbons (Fsp3) is 0.294. The third-order valence-electron chi connectivity index (χ3n) is 3.27. The number of hydrogen-bond acceptors (Lipinski definition) is 4. The van der Waals surface area contributed by atoms with Crippen molar-refractivity contribution >= 4 is 29.9 Å². The fourth-order valence-electron chi connectivity index (χ4n) is 2.07. The molecule has 2 amide bonds. The Morgan fingerprint density at radius 3 is 2.60 bits per heavy atom. The zero-order valence-electron chi connectivity index (χ0n) is 13.8. The van der Waals surface area contributed by atoms with Crippen molar-refractivity contribution in [2.24, 2.45) is 0 Å². The van der Waals surface area contributed by atoms with Gasteiger partial charge in [0.2, 0.25) is 0 Å². The Morgan fingerprint density at radius 1 is 1.12 bits per heavy atom. The van der Waals surface area contributed by atoms with Gasteiger partial charge in [0.1, 0.15) is 12.1 Å². The molecule has 136 valence electrons. The van der Waals surface area contributed by atoms with Crippen LogP contribution in [0.5, 0.6) is 0 Å². The van der Waals surface area contributed by atoms with Crippen LogP contribution < -0.4 is 16.0 Å². The number of carbonyl (C=O) groups is 2. The van der Waals surface area contributed by atoms with Crippen LogP contribution >= 0.6 is 12.4 Å². The van der Waals surface area contributed by atoms with Gasteiger partial charge in [0, 0.05) is 13.1 Å². The van der Waals surface area contributed by atoms with Gasteiger partial charge in [-0.15, -0.1) is 12.4 Å². The van der Waals surface area contributed by atoms with E-state index in [0.717, 1.165) is 19.0 Å². The van der Waals surface area contributed by atoms with E-state index < -0.39 is 11.7 Å². The monoisotopic (exact) mass is 369 g/mol. The van der Waals surface area contributed by atoms with Crippen LogP contribution in [0.3, 0.4) is 0 Å². The van der Waals surface area contributed by atoms with Gasteiger partial charge < -0.3 is 20.4 Å². The van der Waals surface area contributed by atoms with Crippen LogP contribution in [0, 0.1) is 5.82 Å². The number of anilines is 1. The molecule has 0 atom stereocenters. The van der Waals surface area contributed by atoms with E-state index in [2.05, 4.69) is 22.9 Å². The lowest BCUT2D eigenvalue weighted by Crippen LogP contribution is -2.32. The normalized spacial score (nSPS) is 10.0. The molecule has 0 saturated heterocycles. The predicted molar refractivity (Wildman–Crippen MR) is 95.8 cm³/mol. The smallest absolute Gasteiger partial charge is 0.258 e. The first kappa shape index (κ1) is 20.7. The predicted octanol–water partition coefficient (Wildman–Crippen LogP) is 2.82. The minimum atomic E-state index is -0.543. The highest BCUT2D eigenvalue weighted by atomic mass is 35.5. The molecule has 6 nitrogen and oxygen atoms in total. The van der Waals surface area contributed by atoms with Gasteiger partial charge in [-0.05, 0) is 37.2 Å². The first-order chi connectivity index (χ1) is 11.6. The Kier molecular flexibility index (Phi) is 8.66. The summed E-state index contributed by atoms with van der Waals surface area (Å²) in [6.07, 6.45) is 3.64. The van der Waals surface area contributed by atoms with E-state index in [4.69, 9.17) is 4.42 Å². The molecule has 2 rings (SSSR count). The molecule has 0 radical (unpaired) electrons. The number of nitrogens with one attached hydrogen (secondary N) is 3. The van der Waals surface area contributed by atoms with Crippen molar-refractivity contribution in [3.63, 3.8) is 0 Å². The van der Waals surface area contributed by atoms with Crippen LogP contribution in [0.15, 0.2) is 41.2 Å². The minimum Gasteiger partial charge on any atom is -0.472 e. The summed E-state index contributed by atoms with van der Waals surface area (Å²) >= 11 is 0. The summed E-state index contributed by atoms with van der Waals surface area (Å²) in [6, 6.07) is 5.11. The van der Waals surface area contributed by atoms with Crippen molar-refractivity contribution in [1.82, 2.24) is 10.6 Å². The molecule has 0 aliphatic rings. The molecule has 0 spiro atoms. The van der Waals surface area contributed by atoms with E-state index >= 15 is 0 Å². The third kappa shape index (κ3) is 6.21. The van der Waals surface area contributed by atoms with Gasteiger partial charge in [-0.1, -0.05) is 6.92 Å². The average molecular weight is 370 g/mol. The lowest BCUT2D eigenvalue weighted by molar-refractivity contribution is 0.0955. The molecule has 0 bridgehead atoms. The third-order valence-corrected chi connectivity index (χ3v) is 3.27. The largest absolute Gasteiger partial charge is 0.472 e. The molecule has 0 fully saturated rings. The van der Waals surface area contributed by atoms with Crippen molar-refractivity contribution in [3.05, 3.63) is 53.7 Å². The molecule has 8 heteroatoms. The van der Waals surface area contributed by atoms with E-state index in [0.29, 0.717) is 13.1 Å². The number of benzene rings is 1. The molecule has 3 N–H and O–H groups in total. The molecule has 0 unspecified atom stereocenters. The Morgan fingerprint density at radius 2 is 1.92 bits per heavy atom. The number of halogens is 2. The van der Waals surface area contributed by atoms with Gasteiger partial charge in [0.05, 0.1) is 23.1 Å². The van der Waals surface area contributed by atoms with E-state index in [1.807, 2.05) is 0 Å². The molecule has 1 heterocycles. The van der Waals surface area contributed by atoms with Crippen molar-refractivity contribution in [2.45, 2.75) is 13.3 Å². The number of rotatable bonds is 8. The molecule has 0 saturated carbocycles. The minimum absolute atomic E-state index is 0. The van der Waals surface area contributed by atoms with Crippen LogP contribution in [0.4, 0.5) is 10.1 Å². The maximum absolute atomic E-state index is 13.5. The second kappa shape index (κ2) is 10.5. The van der Waals surface area contributed by atoms with Gasteiger partial charge in [-0.2, -0.15) is 0 Å². The first-order valence-electron chi connectivity index (χ1n) is 7.74. The van der Waals surface area contributed by atoms with Crippen LogP contribution in [0.1, 0.15) is 34.1 Å². The van der Waals surface area contributed by atoms with Gasteiger partial charge in [-0.3, -0.25) is 9.59 Å². The highest BCUT2D eigenvalue weighted by molar-refractivity contribution is 6.08. The van der Waals surface area contributed by atoms with Crippen LogP contribution in [0.2, 0.25) is 0 Å². The van der Waals surface area contributed by atoms with Crippen molar-refractivity contribution < 1.29 is 18.4 Å². The second-order valence-electron chi connectivity index (χ2n) is 5.16. The first-order valence-corrected chi connectivity index (χ1v) is 7.74. The Hall–Kier alpha value is -2.38. The maximum Gasteiger partial charge on any atom is 0.258 e. The Bertz CT molecular complexity index is 692. The van der Waals surface area contributed by atoms with Gasteiger partial charge in [0.15, 0.2) is 0 Å². The molecular weight excluding hydrogens is 349 g/mol. The van der Waals surface area contributed by atoms with E-state index in [9.17, 15) is 14.0 Å². The summed E-state index contributed by atoms with van der Waals surface area (Å²) in [5, 5.41) is 8.42. The Labute approximate surface area is 151 Å². The number of carbonyl (C=O) groups excluding carboxylic acids is 2. The highest BCUT2D eigenvalue weighted by Gasteiger charge is 2.15. The molecule has 25 heavy (non-hydrogen) atoms. The zero-order chi connectivity index (χ0) is 17.4. The molecule has 2 aromatic rings. The standard InChI is InChI=1S/C17H20FN3O3.ClH/c1-2-6-19-7-8-20-17(23)14-4-3-13(18)10-15(14)21-16(22)12-5-9-24-11-12;/h3-5,9-11,19H,2,6-8H2,1H3,(H,20,23)(H,21,22);1H. The van der Waals surface area contributed by atoms with Crippen LogP contribution in [-0.4, -0.2) is 31.4 Å². The van der Waals surface area contributed by atoms with Gasteiger partial charge in [-0.25, -0.2) is 4.39 Å². The summed E-state index contributed by atoms with van der Waals surface area (Å²) in [4.78, 5) is 24.3. The number of furan rings is 1. The Balaban J connectivity index is 0.00000312. The second-order valence-corrected chi connectivity index (χ2v) is 5.16. The summed E-state index contributed by atoms with van der Waals surface area (Å²) in [7, 11) is 0. The fourth-order valence-corrected chi connectivity index (χ4v) is 2.07. The summed E-state index contributed by atoms with van der Waals surface area (Å²) in [5.74, 6) is -1.40. The molecule has 1 aromatic carbocycles. The average Bonchev–Trinajstić information content (AvgIpc) is 3.09. The molecular formula is C17H21ClFN3O3. The molecule has 1 aromatic heterocycles. The maximum atomic E-state index is 13.5. The molecule has 0 aliphatic carbocycles. The quantitative estimate of drug-likeness (QED) is 0.625. The van der Waals surface area contributed by atoms with Crippen molar-refractivity contribution in [3.8, 4) is 0 Å². The highest BCUT2D eigenvalue weighted by Crippen LogP contribution is 2.18. The summed E-state index contributed by atoms with van der Waals surface area (Å²) < 4.78 is 18.3. The topological polar surface area (TPSA) is 83.4 Å². The van der Waals surface area contributed by atoms with Crippen molar-refractivity contribution in [2.75, 3.05) is 25.0 Å². The number of amides is 2. The van der Waals surface area contributed by atoms with Crippen molar-refractivity contribution in [1.29, 1.82) is 0 Å². The summed E-state index contributed by atoms with van der Waals surface area (Å²) in [5.41, 5.74) is 0.596. The number of hydrogen-bond donors (Lipinski definition) is 3. The lowest BCUT2D eigenvalue weighted by atomic mass is 10.1. The lowest BCUT2D eigenvalue weighted by Gasteiger charge is -2.11. The summed E-state index contributed by atoms with van der Waals surface area (Å²) in [6.45, 7) is 4.00. The molecule has 0 aliphatic heterocycles. The van der Waals surface area contributed by atoms with E-state index in [1.54, 1.807) is 0 Å². The van der Waals surface area contributed by atoms with E-state index in [-0.39, 0.29) is 35.1 Å².